The Labute approximate surface area is 177 Å². The van der Waals surface area contributed by atoms with E-state index in [0.717, 1.165) is 5.56 Å². The summed E-state index contributed by atoms with van der Waals surface area (Å²) in [5, 5.41) is 2.87. The molecule has 1 aliphatic heterocycles. The highest BCUT2D eigenvalue weighted by atomic mass is 16.6. The monoisotopic (exact) mass is 411 g/mol. The second-order valence-electron chi connectivity index (χ2n) is 7.30. The first-order chi connectivity index (χ1) is 14.5. The van der Waals surface area contributed by atoms with Crippen LogP contribution in [-0.4, -0.2) is 61.5 Å². The Morgan fingerprint density at radius 2 is 1.73 bits per heavy atom. The lowest BCUT2D eigenvalue weighted by Crippen LogP contribution is -2.42. The zero-order valence-electron chi connectivity index (χ0n) is 17.8. The first kappa shape index (κ1) is 21.6. The van der Waals surface area contributed by atoms with E-state index in [0.29, 0.717) is 36.9 Å². The summed E-state index contributed by atoms with van der Waals surface area (Å²) in [6.45, 7) is 5.85. The quantitative estimate of drug-likeness (QED) is 0.723. The summed E-state index contributed by atoms with van der Waals surface area (Å²) in [5.41, 5.74) is 1.72. The fraction of sp³-hybridized carbons (Fsp3) is 0.391. The van der Waals surface area contributed by atoms with E-state index in [1.807, 2.05) is 49.1 Å². The van der Waals surface area contributed by atoms with Crippen molar-refractivity contribution >= 4 is 17.5 Å². The van der Waals surface area contributed by atoms with Crippen LogP contribution in [0.3, 0.4) is 0 Å². The fourth-order valence-corrected chi connectivity index (χ4v) is 3.28. The molecule has 0 fully saturated rings. The van der Waals surface area contributed by atoms with Gasteiger partial charge >= 0.3 is 0 Å². The summed E-state index contributed by atoms with van der Waals surface area (Å²) in [7, 11) is 1.79. The van der Waals surface area contributed by atoms with Crippen LogP contribution in [0.5, 0.6) is 11.5 Å². The van der Waals surface area contributed by atoms with E-state index in [1.165, 1.54) is 0 Å². The van der Waals surface area contributed by atoms with E-state index in [2.05, 4.69) is 5.32 Å². The molecule has 160 valence electrons. The molecule has 2 aromatic carbocycles. The van der Waals surface area contributed by atoms with Crippen molar-refractivity contribution in [1.82, 2.24) is 9.80 Å². The van der Waals surface area contributed by atoms with Gasteiger partial charge in [-0.05, 0) is 31.2 Å². The molecular formula is C23H29N3O4. The predicted octanol–water partition coefficient (Wildman–Crippen LogP) is 2.94. The number of anilines is 1. The summed E-state index contributed by atoms with van der Waals surface area (Å²) < 4.78 is 11.0. The first-order valence-corrected chi connectivity index (χ1v) is 10.2. The zero-order valence-corrected chi connectivity index (χ0v) is 17.8. The Bertz CT molecular complexity index is 872. The second-order valence-corrected chi connectivity index (χ2v) is 7.30. The number of carbonyl (C=O) groups excluding carboxylic acids is 2. The smallest absolute Gasteiger partial charge is 0.238 e. The van der Waals surface area contributed by atoms with Gasteiger partial charge in [-0.3, -0.25) is 14.5 Å². The molecule has 30 heavy (non-hydrogen) atoms. The van der Waals surface area contributed by atoms with Crippen molar-refractivity contribution in [2.24, 2.45) is 0 Å². The summed E-state index contributed by atoms with van der Waals surface area (Å²) in [6, 6.07) is 15.2. The molecule has 0 radical (unpaired) electrons. The summed E-state index contributed by atoms with van der Waals surface area (Å²) in [4.78, 5) is 28.8. The molecule has 0 aliphatic carbocycles. The summed E-state index contributed by atoms with van der Waals surface area (Å²) in [5.74, 6) is 1.09. The highest BCUT2D eigenvalue weighted by Gasteiger charge is 2.21. The van der Waals surface area contributed by atoms with E-state index in [1.54, 1.807) is 30.1 Å². The molecule has 0 bridgehead atoms. The van der Waals surface area contributed by atoms with Gasteiger partial charge in [-0.15, -0.1) is 0 Å². The van der Waals surface area contributed by atoms with Crippen LogP contribution < -0.4 is 14.8 Å². The number of hydrogen-bond acceptors (Lipinski definition) is 5. The maximum absolute atomic E-state index is 12.7. The van der Waals surface area contributed by atoms with Crippen LogP contribution in [0.25, 0.3) is 0 Å². The third-order valence-electron chi connectivity index (χ3n) is 5.26. The Morgan fingerprint density at radius 3 is 2.43 bits per heavy atom. The van der Waals surface area contributed by atoms with Gasteiger partial charge < -0.3 is 19.7 Å². The van der Waals surface area contributed by atoms with Crippen molar-refractivity contribution in [3.63, 3.8) is 0 Å². The van der Waals surface area contributed by atoms with Crippen LogP contribution in [0.4, 0.5) is 5.69 Å². The van der Waals surface area contributed by atoms with Crippen molar-refractivity contribution in [3.05, 3.63) is 54.1 Å². The molecule has 1 atom stereocenters. The van der Waals surface area contributed by atoms with Gasteiger partial charge in [0, 0.05) is 18.8 Å². The molecule has 2 aromatic rings. The fourth-order valence-electron chi connectivity index (χ4n) is 3.28. The molecule has 0 aromatic heterocycles. The van der Waals surface area contributed by atoms with Crippen molar-refractivity contribution in [1.29, 1.82) is 0 Å². The molecule has 1 aliphatic rings. The van der Waals surface area contributed by atoms with E-state index in [9.17, 15) is 9.59 Å². The van der Waals surface area contributed by atoms with Crippen molar-refractivity contribution < 1.29 is 19.1 Å². The second kappa shape index (κ2) is 10.1. The van der Waals surface area contributed by atoms with Gasteiger partial charge in [0.15, 0.2) is 11.5 Å². The Hall–Kier alpha value is -3.06. The minimum atomic E-state index is -0.180. The lowest BCUT2D eigenvalue weighted by atomic mass is 10.1. The number of rotatable bonds is 8. The maximum atomic E-state index is 12.7. The number of carbonyl (C=O) groups is 2. The van der Waals surface area contributed by atoms with Gasteiger partial charge in [-0.2, -0.15) is 0 Å². The molecular weight excluding hydrogens is 382 g/mol. The van der Waals surface area contributed by atoms with Gasteiger partial charge in [0.05, 0.1) is 19.1 Å². The van der Waals surface area contributed by atoms with E-state index in [-0.39, 0.29) is 30.9 Å². The third kappa shape index (κ3) is 5.51. The highest BCUT2D eigenvalue weighted by molar-refractivity contribution is 5.93. The molecule has 0 saturated heterocycles. The van der Waals surface area contributed by atoms with E-state index < -0.39 is 0 Å². The molecule has 2 amide bonds. The minimum absolute atomic E-state index is 0.0275. The van der Waals surface area contributed by atoms with Gasteiger partial charge in [0.25, 0.3) is 0 Å². The van der Waals surface area contributed by atoms with Crippen LogP contribution in [0.2, 0.25) is 0 Å². The maximum Gasteiger partial charge on any atom is 0.238 e. The van der Waals surface area contributed by atoms with Gasteiger partial charge in [0.2, 0.25) is 11.8 Å². The average Bonchev–Trinajstić information content (AvgIpc) is 2.78. The van der Waals surface area contributed by atoms with Crippen LogP contribution in [0.1, 0.15) is 25.5 Å². The highest BCUT2D eigenvalue weighted by Crippen LogP contribution is 2.32. The minimum Gasteiger partial charge on any atom is -0.486 e. The zero-order chi connectivity index (χ0) is 21.5. The first-order valence-electron chi connectivity index (χ1n) is 10.2. The summed E-state index contributed by atoms with van der Waals surface area (Å²) >= 11 is 0. The number of nitrogens with zero attached hydrogens (tertiary/aromatic N) is 2. The Kier molecular flexibility index (Phi) is 7.30. The predicted molar refractivity (Wildman–Crippen MR) is 116 cm³/mol. The van der Waals surface area contributed by atoms with E-state index >= 15 is 0 Å². The molecule has 1 heterocycles. The van der Waals surface area contributed by atoms with Crippen LogP contribution >= 0.6 is 0 Å². The number of hydrogen-bond donors (Lipinski definition) is 1. The standard InChI is InChI=1S/C23H29N3O4/c1-4-26(16-23(28)25(3)17(2)18-8-6-5-7-9-18)15-22(27)24-19-10-11-20-21(14-19)30-13-12-29-20/h5-11,14,17H,4,12-13,15-16H2,1-3H3,(H,24,27). The molecule has 1 N–H and O–H groups in total. The number of ether oxygens (including phenoxy) is 2. The molecule has 0 saturated carbocycles. The topological polar surface area (TPSA) is 71.1 Å². The van der Waals surface area contributed by atoms with Crippen molar-refractivity contribution in [2.75, 3.05) is 45.2 Å². The van der Waals surface area contributed by atoms with Gasteiger partial charge in [-0.25, -0.2) is 0 Å². The number of benzene rings is 2. The Balaban J connectivity index is 1.54. The number of amides is 2. The van der Waals surface area contributed by atoms with Crippen molar-refractivity contribution in [3.8, 4) is 11.5 Å². The van der Waals surface area contributed by atoms with Crippen molar-refractivity contribution in [2.45, 2.75) is 19.9 Å². The lowest BCUT2D eigenvalue weighted by molar-refractivity contribution is -0.133. The molecule has 0 spiro atoms. The number of fused-ring (bicyclic) bond motifs is 1. The lowest BCUT2D eigenvalue weighted by Gasteiger charge is -2.28. The van der Waals surface area contributed by atoms with Crippen LogP contribution in [-0.2, 0) is 9.59 Å². The Morgan fingerprint density at radius 1 is 1.03 bits per heavy atom. The van der Waals surface area contributed by atoms with Crippen LogP contribution in [0.15, 0.2) is 48.5 Å². The van der Waals surface area contributed by atoms with Gasteiger partial charge in [-0.1, -0.05) is 37.3 Å². The molecule has 3 rings (SSSR count). The van der Waals surface area contributed by atoms with E-state index in [4.69, 9.17) is 9.47 Å². The third-order valence-corrected chi connectivity index (χ3v) is 5.26. The molecule has 7 heteroatoms. The SMILES string of the molecule is CCN(CC(=O)Nc1ccc2c(c1)OCCO2)CC(=O)N(C)C(C)c1ccccc1. The largest absolute Gasteiger partial charge is 0.486 e. The molecule has 7 nitrogen and oxygen atoms in total. The van der Waals surface area contributed by atoms with Gasteiger partial charge in [0.1, 0.15) is 13.2 Å². The summed E-state index contributed by atoms with van der Waals surface area (Å²) in [6.07, 6.45) is 0. The average molecular weight is 412 g/mol. The number of likely N-dealkylation sites (N-methyl/N-ethyl adjacent to an activating group) is 2. The molecule has 1 unspecified atom stereocenters. The number of nitrogens with one attached hydrogen (secondary N) is 1. The van der Waals surface area contributed by atoms with Crippen LogP contribution in [0, 0.1) is 0 Å². The normalized spacial score (nSPS) is 13.6.